The van der Waals surface area contributed by atoms with Crippen LogP contribution < -0.4 is 15.4 Å². The Balaban J connectivity index is 1.68. The van der Waals surface area contributed by atoms with Crippen LogP contribution in [0.15, 0.2) is 42.5 Å². The van der Waals surface area contributed by atoms with E-state index in [2.05, 4.69) is 10.6 Å². The number of carboxylic acid groups (broad SMARTS) is 1. The second kappa shape index (κ2) is 11.0. The summed E-state index contributed by atoms with van der Waals surface area (Å²) < 4.78 is 5.24. The van der Waals surface area contributed by atoms with E-state index in [1.54, 1.807) is 13.2 Å². The molecule has 194 valence electrons. The lowest BCUT2D eigenvalue weighted by Gasteiger charge is -2.32. The zero-order valence-corrected chi connectivity index (χ0v) is 22.2. The number of carboxylic acids is 1. The molecule has 4 rings (SSSR count). The molecule has 1 saturated heterocycles. The molecule has 0 aliphatic carbocycles. The van der Waals surface area contributed by atoms with Gasteiger partial charge < -0.3 is 25.4 Å². The number of rotatable bonds is 6. The van der Waals surface area contributed by atoms with E-state index in [9.17, 15) is 19.5 Å². The highest BCUT2D eigenvalue weighted by Crippen LogP contribution is 2.37. The zero-order valence-electron chi connectivity index (χ0n) is 21.4. The summed E-state index contributed by atoms with van der Waals surface area (Å²) in [5.41, 5.74) is 4.88. The highest BCUT2D eigenvalue weighted by molar-refractivity contribution is 7.18. The quantitative estimate of drug-likeness (QED) is 0.365. The van der Waals surface area contributed by atoms with Gasteiger partial charge in [-0.2, -0.15) is 0 Å². The third-order valence-electron chi connectivity index (χ3n) is 6.51. The van der Waals surface area contributed by atoms with Crippen molar-refractivity contribution in [3.8, 4) is 16.2 Å². The maximum absolute atomic E-state index is 13.6. The Morgan fingerprint density at radius 3 is 2.30 bits per heavy atom. The number of piperidine rings is 1. The van der Waals surface area contributed by atoms with Crippen LogP contribution in [0.3, 0.4) is 0 Å². The number of nitrogens with one attached hydrogen (secondary N) is 2. The van der Waals surface area contributed by atoms with Gasteiger partial charge in [-0.15, -0.1) is 11.3 Å². The molecule has 3 aromatic rings. The number of thiophene rings is 1. The van der Waals surface area contributed by atoms with E-state index in [0.29, 0.717) is 35.0 Å². The molecule has 1 aromatic heterocycles. The number of methoxy groups -OCH3 is 1. The maximum atomic E-state index is 13.6. The fourth-order valence-electron chi connectivity index (χ4n) is 4.75. The summed E-state index contributed by atoms with van der Waals surface area (Å²) in [5.74, 6) is -0.705. The van der Waals surface area contributed by atoms with Gasteiger partial charge in [0.05, 0.1) is 12.8 Å². The lowest BCUT2D eigenvalue weighted by molar-refractivity contribution is -0.143. The summed E-state index contributed by atoms with van der Waals surface area (Å²) >= 11 is 1.23. The van der Waals surface area contributed by atoms with Gasteiger partial charge in [-0.3, -0.25) is 4.79 Å². The number of aliphatic carboxylic acids is 1. The van der Waals surface area contributed by atoms with E-state index in [1.807, 2.05) is 57.2 Å². The van der Waals surface area contributed by atoms with Crippen LogP contribution in [-0.2, 0) is 4.79 Å². The first kappa shape index (κ1) is 26.2. The van der Waals surface area contributed by atoms with Crippen molar-refractivity contribution in [2.24, 2.45) is 0 Å². The highest BCUT2D eigenvalue weighted by atomic mass is 32.1. The van der Waals surface area contributed by atoms with E-state index < -0.39 is 23.9 Å². The molecule has 1 fully saturated rings. The van der Waals surface area contributed by atoms with Crippen LogP contribution in [0.1, 0.15) is 45.6 Å². The minimum atomic E-state index is -1.02. The van der Waals surface area contributed by atoms with Crippen molar-refractivity contribution in [2.45, 2.75) is 46.1 Å². The number of carbonyl (C=O) groups is 3. The molecule has 9 heteroatoms. The van der Waals surface area contributed by atoms with Crippen LogP contribution in [0.25, 0.3) is 10.4 Å². The van der Waals surface area contributed by atoms with E-state index in [-0.39, 0.29) is 0 Å². The number of aryl methyl sites for hydroxylation is 3. The average Bonchev–Trinajstić information content (AvgIpc) is 3.29. The second-order valence-corrected chi connectivity index (χ2v) is 10.3. The molecule has 2 heterocycles. The first-order valence-electron chi connectivity index (χ1n) is 12.2. The lowest BCUT2D eigenvalue weighted by atomic mass is 10.0. The Hall–Kier alpha value is -3.85. The van der Waals surface area contributed by atoms with Gasteiger partial charge in [0.25, 0.3) is 5.91 Å². The molecule has 3 N–H and O–H groups in total. The number of anilines is 2. The van der Waals surface area contributed by atoms with Gasteiger partial charge >= 0.3 is 12.0 Å². The van der Waals surface area contributed by atoms with E-state index in [4.69, 9.17) is 4.74 Å². The molecule has 37 heavy (non-hydrogen) atoms. The molecule has 2 aromatic carbocycles. The third kappa shape index (κ3) is 5.77. The minimum absolute atomic E-state index is 0.298. The smallest absolute Gasteiger partial charge is 0.326 e. The first-order chi connectivity index (χ1) is 17.7. The predicted octanol–water partition coefficient (Wildman–Crippen LogP) is 6.07. The van der Waals surface area contributed by atoms with Gasteiger partial charge in [0.2, 0.25) is 0 Å². The van der Waals surface area contributed by atoms with Crippen LogP contribution in [-0.4, -0.2) is 47.6 Å². The molecule has 3 amide bonds. The molecule has 1 atom stereocenters. The van der Waals surface area contributed by atoms with Crippen LogP contribution in [0, 0.1) is 20.8 Å². The number of ether oxygens (including phenoxy) is 1. The van der Waals surface area contributed by atoms with Crippen molar-refractivity contribution in [3.63, 3.8) is 0 Å². The number of hydrogen-bond donors (Lipinski definition) is 3. The Morgan fingerprint density at radius 2 is 1.68 bits per heavy atom. The standard InChI is InChI=1S/C28H31N3O5S/c1-16-13-17(2)24(18(3)14-16)30-28(35)29-21-15-23(19-8-10-20(36-4)11-9-19)37-25(21)26(32)31-12-6-5-7-22(31)27(33)34/h8-11,13-15,22H,5-7,12H2,1-4H3,(H,33,34)(H2,29,30,35)/t22-/m0/s1. The highest BCUT2D eigenvalue weighted by Gasteiger charge is 2.34. The Morgan fingerprint density at radius 1 is 1.00 bits per heavy atom. The van der Waals surface area contributed by atoms with E-state index >= 15 is 0 Å². The fraction of sp³-hybridized carbons (Fsp3) is 0.321. The van der Waals surface area contributed by atoms with Crippen molar-refractivity contribution in [1.29, 1.82) is 0 Å². The van der Waals surface area contributed by atoms with E-state index in [1.165, 1.54) is 16.2 Å². The number of benzene rings is 2. The van der Waals surface area contributed by atoms with Gasteiger partial charge in [0, 0.05) is 17.1 Å². The average molecular weight is 522 g/mol. The molecular weight excluding hydrogens is 490 g/mol. The summed E-state index contributed by atoms with van der Waals surface area (Å²) in [5, 5.41) is 15.5. The Kier molecular flexibility index (Phi) is 7.83. The maximum Gasteiger partial charge on any atom is 0.326 e. The lowest BCUT2D eigenvalue weighted by Crippen LogP contribution is -2.47. The number of carbonyl (C=O) groups excluding carboxylic acids is 2. The van der Waals surface area contributed by atoms with Crippen LogP contribution in [0.5, 0.6) is 5.75 Å². The van der Waals surface area contributed by atoms with Crippen LogP contribution in [0.4, 0.5) is 16.2 Å². The summed E-state index contributed by atoms with van der Waals surface area (Å²) in [4.78, 5) is 41.1. The second-order valence-electron chi connectivity index (χ2n) is 9.28. The van der Waals surface area contributed by atoms with Gasteiger partial charge in [-0.1, -0.05) is 17.7 Å². The Labute approximate surface area is 220 Å². The van der Waals surface area contributed by atoms with Crippen LogP contribution in [0.2, 0.25) is 0 Å². The van der Waals surface area contributed by atoms with Crippen molar-refractivity contribution in [3.05, 3.63) is 64.0 Å². The number of hydrogen-bond acceptors (Lipinski definition) is 5. The summed E-state index contributed by atoms with van der Waals surface area (Å²) in [6.07, 6.45) is 1.90. The van der Waals surface area contributed by atoms with Gasteiger partial charge in [0.15, 0.2) is 0 Å². The predicted molar refractivity (Wildman–Crippen MR) is 146 cm³/mol. The molecular formula is C28H31N3O5S. The molecule has 8 nitrogen and oxygen atoms in total. The molecule has 1 aliphatic heterocycles. The number of amides is 3. The van der Waals surface area contributed by atoms with E-state index in [0.717, 1.165) is 40.0 Å². The zero-order chi connectivity index (χ0) is 26.7. The van der Waals surface area contributed by atoms with Crippen LogP contribution >= 0.6 is 11.3 Å². The number of likely N-dealkylation sites (tertiary alicyclic amines) is 1. The molecule has 1 aliphatic rings. The largest absolute Gasteiger partial charge is 0.497 e. The van der Waals surface area contributed by atoms with Crippen molar-refractivity contribution in [2.75, 3.05) is 24.3 Å². The SMILES string of the molecule is COc1ccc(-c2cc(NC(=O)Nc3c(C)cc(C)cc3C)c(C(=O)N3CCCC[C@H]3C(=O)O)s2)cc1. The minimum Gasteiger partial charge on any atom is -0.497 e. The van der Waals surface area contributed by atoms with Gasteiger partial charge in [-0.05, 0) is 87.1 Å². The fourth-order valence-corrected chi connectivity index (χ4v) is 5.82. The van der Waals surface area contributed by atoms with Crippen molar-refractivity contribution >= 4 is 40.6 Å². The summed E-state index contributed by atoms with van der Waals surface area (Å²) in [6, 6.07) is 11.8. The number of urea groups is 1. The summed E-state index contributed by atoms with van der Waals surface area (Å²) in [7, 11) is 1.59. The van der Waals surface area contributed by atoms with Crippen molar-refractivity contribution < 1.29 is 24.2 Å². The van der Waals surface area contributed by atoms with Crippen molar-refractivity contribution in [1.82, 2.24) is 4.90 Å². The van der Waals surface area contributed by atoms with Gasteiger partial charge in [0.1, 0.15) is 16.7 Å². The molecule has 0 unspecified atom stereocenters. The topological polar surface area (TPSA) is 108 Å². The first-order valence-corrected chi connectivity index (χ1v) is 13.0. The molecule has 0 spiro atoms. The third-order valence-corrected chi connectivity index (χ3v) is 7.69. The normalized spacial score (nSPS) is 15.2. The monoisotopic (exact) mass is 521 g/mol. The summed E-state index contributed by atoms with van der Waals surface area (Å²) in [6.45, 7) is 6.22. The number of nitrogens with zero attached hydrogens (tertiary/aromatic N) is 1. The molecule has 0 radical (unpaired) electrons. The Bertz CT molecular complexity index is 1310. The van der Waals surface area contributed by atoms with Gasteiger partial charge in [-0.25, -0.2) is 9.59 Å². The molecule has 0 saturated carbocycles. The molecule has 0 bridgehead atoms.